The van der Waals surface area contributed by atoms with Crippen molar-refractivity contribution in [3.05, 3.63) is 59.7 Å². The predicted octanol–water partition coefficient (Wildman–Crippen LogP) is 3.26. The van der Waals surface area contributed by atoms with Gasteiger partial charge < -0.3 is 10.2 Å². The summed E-state index contributed by atoms with van der Waals surface area (Å²) in [7, 11) is 0. The average Bonchev–Trinajstić information content (AvgIpc) is 2.48. The van der Waals surface area contributed by atoms with Gasteiger partial charge in [0.15, 0.2) is 0 Å². The number of anilines is 2. The van der Waals surface area contributed by atoms with E-state index in [2.05, 4.69) is 5.32 Å². The maximum absolute atomic E-state index is 13.8. The summed E-state index contributed by atoms with van der Waals surface area (Å²) in [4.78, 5) is 24.8. The fourth-order valence-corrected chi connectivity index (χ4v) is 2.11. The highest BCUT2D eigenvalue weighted by atomic mass is 19.1. The molecule has 6 heteroatoms. The molecule has 0 heterocycles. The molecular weight excluding hydrogens is 302 g/mol. The van der Waals surface area contributed by atoms with Crippen molar-refractivity contribution < 1.29 is 18.4 Å². The van der Waals surface area contributed by atoms with Crippen LogP contribution in [0.2, 0.25) is 0 Å². The minimum atomic E-state index is -0.899. The highest BCUT2D eigenvalue weighted by Crippen LogP contribution is 2.21. The van der Waals surface area contributed by atoms with Crippen molar-refractivity contribution in [3.63, 3.8) is 0 Å². The van der Waals surface area contributed by atoms with Gasteiger partial charge in [-0.15, -0.1) is 0 Å². The van der Waals surface area contributed by atoms with Crippen LogP contribution in [0.25, 0.3) is 0 Å². The SMILES string of the molecule is CC(=O)N(CC(=O)Nc1ccccc1C)c1ccc(F)cc1F. The number of nitrogens with one attached hydrogen (secondary N) is 1. The van der Waals surface area contributed by atoms with Gasteiger partial charge in [0.05, 0.1) is 5.69 Å². The van der Waals surface area contributed by atoms with Gasteiger partial charge in [0, 0.05) is 18.7 Å². The van der Waals surface area contributed by atoms with Gasteiger partial charge in [-0.2, -0.15) is 0 Å². The van der Waals surface area contributed by atoms with Crippen molar-refractivity contribution >= 4 is 23.2 Å². The second-order valence-corrected chi connectivity index (χ2v) is 5.06. The lowest BCUT2D eigenvalue weighted by Crippen LogP contribution is -2.37. The van der Waals surface area contributed by atoms with E-state index in [1.165, 1.54) is 6.92 Å². The molecule has 0 unspecified atom stereocenters. The second-order valence-electron chi connectivity index (χ2n) is 5.06. The van der Waals surface area contributed by atoms with Crippen LogP contribution in [0.1, 0.15) is 12.5 Å². The van der Waals surface area contributed by atoms with Crippen LogP contribution < -0.4 is 10.2 Å². The number of halogens is 2. The zero-order chi connectivity index (χ0) is 17.0. The highest BCUT2D eigenvalue weighted by molar-refractivity contribution is 6.02. The molecule has 0 spiro atoms. The van der Waals surface area contributed by atoms with Crippen LogP contribution >= 0.6 is 0 Å². The molecule has 4 nitrogen and oxygen atoms in total. The van der Waals surface area contributed by atoms with Crippen LogP contribution in [0.4, 0.5) is 20.2 Å². The van der Waals surface area contributed by atoms with Gasteiger partial charge in [-0.05, 0) is 30.7 Å². The molecule has 2 rings (SSSR count). The first-order valence-corrected chi connectivity index (χ1v) is 6.97. The van der Waals surface area contributed by atoms with E-state index in [-0.39, 0.29) is 12.2 Å². The van der Waals surface area contributed by atoms with E-state index >= 15 is 0 Å². The summed E-state index contributed by atoms with van der Waals surface area (Å²) in [6.07, 6.45) is 0. The number of carbonyl (C=O) groups excluding carboxylic acids is 2. The van der Waals surface area contributed by atoms with E-state index in [1.807, 2.05) is 19.1 Å². The Morgan fingerprint density at radius 1 is 1.13 bits per heavy atom. The van der Waals surface area contributed by atoms with Gasteiger partial charge in [0.2, 0.25) is 11.8 Å². The summed E-state index contributed by atoms with van der Waals surface area (Å²) in [6.45, 7) is 2.67. The van der Waals surface area contributed by atoms with E-state index < -0.39 is 23.4 Å². The van der Waals surface area contributed by atoms with Gasteiger partial charge >= 0.3 is 0 Å². The first-order valence-electron chi connectivity index (χ1n) is 6.97. The molecule has 0 radical (unpaired) electrons. The zero-order valence-electron chi connectivity index (χ0n) is 12.8. The lowest BCUT2D eigenvalue weighted by Gasteiger charge is -2.21. The smallest absolute Gasteiger partial charge is 0.244 e. The van der Waals surface area contributed by atoms with Crippen LogP contribution in [-0.2, 0) is 9.59 Å². The number of hydrogen-bond acceptors (Lipinski definition) is 2. The molecular formula is C17H16F2N2O2. The van der Waals surface area contributed by atoms with Crippen LogP contribution in [0, 0.1) is 18.6 Å². The summed E-state index contributed by atoms with van der Waals surface area (Å²) < 4.78 is 26.8. The van der Waals surface area contributed by atoms with E-state index in [0.29, 0.717) is 11.8 Å². The van der Waals surface area contributed by atoms with Crippen LogP contribution in [-0.4, -0.2) is 18.4 Å². The van der Waals surface area contributed by atoms with E-state index in [9.17, 15) is 18.4 Å². The highest BCUT2D eigenvalue weighted by Gasteiger charge is 2.19. The maximum atomic E-state index is 13.8. The minimum absolute atomic E-state index is 0.140. The standard InChI is InChI=1S/C17H16F2N2O2/c1-11-5-3-4-6-15(11)20-17(23)10-21(12(2)22)16-8-7-13(18)9-14(16)19/h3-9H,10H2,1-2H3,(H,20,23). The number of aryl methyl sites for hydroxylation is 1. The Kier molecular flexibility index (Phi) is 5.05. The fourth-order valence-electron chi connectivity index (χ4n) is 2.11. The Labute approximate surface area is 132 Å². The van der Waals surface area contributed by atoms with Gasteiger partial charge in [-0.1, -0.05) is 18.2 Å². The number of nitrogens with zero attached hydrogens (tertiary/aromatic N) is 1. The van der Waals surface area contributed by atoms with Gasteiger partial charge in [-0.3, -0.25) is 9.59 Å². The molecule has 120 valence electrons. The summed E-state index contributed by atoms with van der Waals surface area (Å²) >= 11 is 0. The number of rotatable bonds is 4. The Morgan fingerprint density at radius 3 is 2.43 bits per heavy atom. The fraction of sp³-hybridized carbons (Fsp3) is 0.176. The molecule has 0 atom stereocenters. The maximum Gasteiger partial charge on any atom is 0.244 e. The molecule has 0 aromatic heterocycles. The molecule has 1 N–H and O–H groups in total. The third-order valence-corrected chi connectivity index (χ3v) is 3.30. The van der Waals surface area contributed by atoms with Gasteiger partial charge in [-0.25, -0.2) is 8.78 Å². The quantitative estimate of drug-likeness (QED) is 0.940. The number of carbonyl (C=O) groups is 2. The molecule has 2 aromatic carbocycles. The van der Waals surface area contributed by atoms with Crippen molar-refractivity contribution in [3.8, 4) is 0 Å². The van der Waals surface area contributed by atoms with Crippen molar-refractivity contribution in [1.29, 1.82) is 0 Å². The molecule has 0 saturated carbocycles. The van der Waals surface area contributed by atoms with Gasteiger partial charge in [0.1, 0.15) is 18.2 Å². The molecule has 23 heavy (non-hydrogen) atoms. The van der Waals surface area contributed by atoms with Crippen molar-refractivity contribution in [1.82, 2.24) is 0 Å². The molecule has 0 aliphatic rings. The molecule has 2 aromatic rings. The minimum Gasteiger partial charge on any atom is -0.324 e. The first kappa shape index (κ1) is 16.6. The normalized spacial score (nSPS) is 10.3. The average molecular weight is 318 g/mol. The van der Waals surface area contributed by atoms with Crippen molar-refractivity contribution in [2.45, 2.75) is 13.8 Å². The second kappa shape index (κ2) is 7.00. The molecule has 0 aliphatic carbocycles. The molecule has 0 bridgehead atoms. The first-order chi connectivity index (χ1) is 10.9. The Morgan fingerprint density at radius 2 is 1.83 bits per heavy atom. The van der Waals surface area contributed by atoms with Crippen molar-refractivity contribution in [2.24, 2.45) is 0 Å². The summed E-state index contributed by atoms with van der Waals surface area (Å²) in [5.74, 6) is -2.64. The molecule has 0 fully saturated rings. The monoisotopic (exact) mass is 318 g/mol. The molecule has 0 saturated heterocycles. The number of amides is 2. The van der Waals surface area contributed by atoms with Crippen LogP contribution in [0.15, 0.2) is 42.5 Å². The van der Waals surface area contributed by atoms with Crippen molar-refractivity contribution in [2.75, 3.05) is 16.8 Å². The Bertz CT molecular complexity index is 747. The number of benzene rings is 2. The Balaban J connectivity index is 2.18. The number of para-hydroxylation sites is 1. The van der Waals surface area contributed by atoms with E-state index in [1.54, 1.807) is 12.1 Å². The summed E-state index contributed by atoms with van der Waals surface area (Å²) in [5.41, 5.74) is 1.34. The van der Waals surface area contributed by atoms with Crippen LogP contribution in [0.5, 0.6) is 0 Å². The number of hydrogen-bond donors (Lipinski definition) is 1. The third kappa shape index (κ3) is 4.12. The van der Waals surface area contributed by atoms with Crippen LogP contribution in [0.3, 0.4) is 0 Å². The largest absolute Gasteiger partial charge is 0.324 e. The molecule has 0 aliphatic heterocycles. The lowest BCUT2D eigenvalue weighted by atomic mass is 10.2. The van der Waals surface area contributed by atoms with E-state index in [4.69, 9.17) is 0 Å². The molecule has 2 amide bonds. The summed E-state index contributed by atoms with van der Waals surface area (Å²) in [6, 6.07) is 10.00. The third-order valence-electron chi connectivity index (χ3n) is 3.30. The summed E-state index contributed by atoms with van der Waals surface area (Å²) in [5, 5.41) is 2.67. The zero-order valence-corrected chi connectivity index (χ0v) is 12.8. The van der Waals surface area contributed by atoms with E-state index in [0.717, 1.165) is 22.6 Å². The topological polar surface area (TPSA) is 49.4 Å². The Hall–Kier alpha value is -2.76. The lowest BCUT2D eigenvalue weighted by molar-refractivity contribution is -0.120. The van der Waals surface area contributed by atoms with Gasteiger partial charge in [0.25, 0.3) is 0 Å². The predicted molar refractivity (Wildman–Crippen MR) is 84.2 cm³/mol.